The van der Waals surface area contributed by atoms with Crippen molar-refractivity contribution in [3.05, 3.63) is 36.0 Å². The number of aromatic nitrogens is 2. The van der Waals surface area contributed by atoms with Crippen molar-refractivity contribution >= 4 is 17.0 Å². The van der Waals surface area contributed by atoms with Crippen LogP contribution in [0.5, 0.6) is 0 Å². The average molecular weight is 186 g/mol. The van der Waals surface area contributed by atoms with E-state index >= 15 is 0 Å². The van der Waals surface area contributed by atoms with Crippen molar-refractivity contribution in [3.8, 4) is 0 Å². The molecule has 1 heterocycles. The highest BCUT2D eigenvalue weighted by Gasteiger charge is 1.94. The van der Waals surface area contributed by atoms with Gasteiger partial charge in [0.15, 0.2) is 0 Å². The molecule has 0 unspecified atom stereocenters. The SMILES string of the molecule is CCC/C=C/c1ccc2cn[nH]c2c1. The molecular weight excluding hydrogens is 172 g/mol. The Morgan fingerprint density at radius 1 is 1.43 bits per heavy atom. The van der Waals surface area contributed by atoms with E-state index in [4.69, 9.17) is 0 Å². The second kappa shape index (κ2) is 4.09. The number of hydrogen-bond donors (Lipinski definition) is 1. The number of fused-ring (bicyclic) bond motifs is 1. The summed E-state index contributed by atoms with van der Waals surface area (Å²) in [4.78, 5) is 0. The molecule has 0 spiro atoms. The van der Waals surface area contributed by atoms with Crippen LogP contribution < -0.4 is 0 Å². The summed E-state index contributed by atoms with van der Waals surface area (Å²) in [7, 11) is 0. The van der Waals surface area contributed by atoms with Gasteiger partial charge in [-0.05, 0) is 18.1 Å². The summed E-state index contributed by atoms with van der Waals surface area (Å²) in [5, 5.41) is 8.12. The number of rotatable bonds is 3. The second-order valence-corrected chi connectivity index (χ2v) is 3.41. The molecule has 0 bridgehead atoms. The second-order valence-electron chi connectivity index (χ2n) is 3.41. The Bertz CT molecular complexity index is 440. The van der Waals surface area contributed by atoms with E-state index in [0.717, 1.165) is 17.3 Å². The lowest BCUT2D eigenvalue weighted by molar-refractivity contribution is 0.962. The Kier molecular flexibility index (Phi) is 2.63. The van der Waals surface area contributed by atoms with Gasteiger partial charge in [-0.2, -0.15) is 5.10 Å². The van der Waals surface area contributed by atoms with Crippen molar-refractivity contribution in [1.82, 2.24) is 10.2 Å². The Hall–Kier alpha value is -1.57. The Labute approximate surface area is 83.6 Å². The molecule has 0 saturated carbocycles. The first-order chi connectivity index (χ1) is 6.90. The van der Waals surface area contributed by atoms with E-state index in [2.05, 4.69) is 47.5 Å². The molecule has 1 aromatic heterocycles. The minimum Gasteiger partial charge on any atom is -0.278 e. The van der Waals surface area contributed by atoms with Gasteiger partial charge in [0.1, 0.15) is 0 Å². The van der Waals surface area contributed by atoms with Crippen LogP contribution in [0, 0.1) is 0 Å². The minimum absolute atomic E-state index is 1.10. The highest BCUT2D eigenvalue weighted by Crippen LogP contribution is 2.13. The van der Waals surface area contributed by atoms with E-state index in [1.54, 1.807) is 0 Å². The number of benzene rings is 1. The molecule has 1 aromatic carbocycles. The zero-order valence-electron chi connectivity index (χ0n) is 8.33. The average Bonchev–Trinajstić information content (AvgIpc) is 2.65. The van der Waals surface area contributed by atoms with Crippen LogP contribution in [0.1, 0.15) is 25.3 Å². The van der Waals surface area contributed by atoms with Crippen LogP contribution in [0.4, 0.5) is 0 Å². The van der Waals surface area contributed by atoms with E-state index < -0.39 is 0 Å². The van der Waals surface area contributed by atoms with E-state index in [-0.39, 0.29) is 0 Å². The summed E-state index contributed by atoms with van der Waals surface area (Å²) < 4.78 is 0. The lowest BCUT2D eigenvalue weighted by atomic mass is 10.1. The number of nitrogens with zero attached hydrogens (tertiary/aromatic N) is 1. The molecule has 14 heavy (non-hydrogen) atoms. The van der Waals surface area contributed by atoms with Crippen molar-refractivity contribution < 1.29 is 0 Å². The minimum atomic E-state index is 1.10. The van der Waals surface area contributed by atoms with Gasteiger partial charge in [-0.3, -0.25) is 5.10 Å². The predicted molar refractivity (Wildman–Crippen MR) is 60.0 cm³/mol. The highest BCUT2D eigenvalue weighted by molar-refractivity contribution is 5.80. The monoisotopic (exact) mass is 186 g/mol. The van der Waals surface area contributed by atoms with Crippen LogP contribution in [-0.4, -0.2) is 10.2 Å². The molecule has 0 fully saturated rings. The van der Waals surface area contributed by atoms with Crippen LogP contribution in [0.15, 0.2) is 30.5 Å². The molecule has 0 radical (unpaired) electrons. The van der Waals surface area contributed by atoms with Gasteiger partial charge in [-0.25, -0.2) is 0 Å². The third-order valence-electron chi connectivity index (χ3n) is 2.23. The first kappa shape index (κ1) is 9.00. The number of allylic oxidation sites excluding steroid dienone is 1. The fourth-order valence-electron chi connectivity index (χ4n) is 1.44. The quantitative estimate of drug-likeness (QED) is 0.782. The van der Waals surface area contributed by atoms with Gasteiger partial charge in [-0.15, -0.1) is 0 Å². The van der Waals surface area contributed by atoms with Crippen LogP contribution >= 0.6 is 0 Å². The summed E-state index contributed by atoms with van der Waals surface area (Å²) >= 11 is 0. The zero-order chi connectivity index (χ0) is 9.80. The maximum absolute atomic E-state index is 3.99. The van der Waals surface area contributed by atoms with Crippen LogP contribution in [0.3, 0.4) is 0 Å². The van der Waals surface area contributed by atoms with Gasteiger partial charge in [0.2, 0.25) is 0 Å². The van der Waals surface area contributed by atoms with E-state index in [1.165, 1.54) is 12.0 Å². The van der Waals surface area contributed by atoms with E-state index in [0.29, 0.717) is 0 Å². The molecule has 2 aromatic rings. The van der Waals surface area contributed by atoms with E-state index in [1.807, 2.05) is 6.20 Å². The number of unbranched alkanes of at least 4 members (excludes halogenated alkanes) is 1. The maximum Gasteiger partial charge on any atom is 0.0656 e. The molecule has 0 aliphatic carbocycles. The zero-order valence-corrected chi connectivity index (χ0v) is 8.33. The third kappa shape index (κ3) is 1.84. The molecule has 2 heteroatoms. The Morgan fingerprint density at radius 2 is 2.36 bits per heavy atom. The van der Waals surface area contributed by atoms with Crippen molar-refractivity contribution in [2.75, 3.05) is 0 Å². The molecular formula is C12H14N2. The predicted octanol–water partition coefficient (Wildman–Crippen LogP) is 3.38. The summed E-state index contributed by atoms with van der Waals surface area (Å²) in [6.07, 6.45) is 8.54. The molecule has 0 aliphatic rings. The van der Waals surface area contributed by atoms with Gasteiger partial charge < -0.3 is 0 Å². The van der Waals surface area contributed by atoms with Gasteiger partial charge in [0, 0.05) is 5.39 Å². The summed E-state index contributed by atoms with van der Waals surface area (Å²) in [6.45, 7) is 2.18. The maximum atomic E-state index is 3.99. The fraction of sp³-hybridized carbons (Fsp3) is 0.250. The van der Waals surface area contributed by atoms with Gasteiger partial charge in [-0.1, -0.05) is 37.6 Å². The first-order valence-electron chi connectivity index (χ1n) is 5.00. The Morgan fingerprint density at radius 3 is 3.21 bits per heavy atom. The van der Waals surface area contributed by atoms with Gasteiger partial charge >= 0.3 is 0 Å². The van der Waals surface area contributed by atoms with Crippen LogP contribution in [0.2, 0.25) is 0 Å². The molecule has 2 rings (SSSR count). The number of aromatic amines is 1. The molecule has 0 aliphatic heterocycles. The summed E-state index contributed by atoms with van der Waals surface area (Å²) in [6, 6.07) is 6.32. The molecule has 0 saturated heterocycles. The first-order valence-corrected chi connectivity index (χ1v) is 5.00. The van der Waals surface area contributed by atoms with Gasteiger partial charge in [0.05, 0.1) is 11.7 Å². The van der Waals surface area contributed by atoms with Gasteiger partial charge in [0.25, 0.3) is 0 Å². The highest BCUT2D eigenvalue weighted by atomic mass is 15.1. The molecule has 2 nitrogen and oxygen atoms in total. The van der Waals surface area contributed by atoms with Crippen molar-refractivity contribution in [2.24, 2.45) is 0 Å². The third-order valence-corrected chi connectivity index (χ3v) is 2.23. The lowest BCUT2D eigenvalue weighted by Gasteiger charge is -1.93. The lowest BCUT2D eigenvalue weighted by Crippen LogP contribution is -1.73. The van der Waals surface area contributed by atoms with Crippen molar-refractivity contribution in [1.29, 1.82) is 0 Å². The number of hydrogen-bond acceptors (Lipinski definition) is 1. The fourth-order valence-corrected chi connectivity index (χ4v) is 1.44. The molecule has 72 valence electrons. The smallest absolute Gasteiger partial charge is 0.0656 e. The molecule has 1 N–H and O–H groups in total. The van der Waals surface area contributed by atoms with Crippen molar-refractivity contribution in [2.45, 2.75) is 19.8 Å². The number of nitrogens with one attached hydrogen (secondary N) is 1. The Balaban J connectivity index is 2.25. The van der Waals surface area contributed by atoms with Crippen LogP contribution in [0.25, 0.3) is 17.0 Å². The summed E-state index contributed by atoms with van der Waals surface area (Å²) in [5.74, 6) is 0. The standard InChI is InChI=1S/C12H14N2/c1-2-3-4-5-10-6-7-11-9-13-14-12(11)8-10/h4-9H,2-3H2,1H3,(H,13,14)/b5-4+. The number of H-pyrrole nitrogens is 1. The largest absolute Gasteiger partial charge is 0.278 e. The van der Waals surface area contributed by atoms with Crippen molar-refractivity contribution in [3.63, 3.8) is 0 Å². The molecule has 0 atom stereocenters. The van der Waals surface area contributed by atoms with E-state index in [9.17, 15) is 0 Å². The summed E-state index contributed by atoms with van der Waals surface area (Å²) in [5.41, 5.74) is 2.33. The normalized spacial score (nSPS) is 11.5. The topological polar surface area (TPSA) is 28.7 Å². The molecule has 0 amide bonds. The van der Waals surface area contributed by atoms with Crippen LogP contribution in [-0.2, 0) is 0 Å².